The van der Waals surface area contributed by atoms with E-state index in [9.17, 15) is 13.2 Å². The normalized spacial score (nSPS) is 11.1. The van der Waals surface area contributed by atoms with Crippen LogP contribution in [0.2, 0.25) is 0 Å². The van der Waals surface area contributed by atoms with Crippen LogP contribution in [0.15, 0.2) is 24.3 Å². The molecule has 1 aromatic carbocycles. The fourth-order valence-electron chi connectivity index (χ4n) is 1.41. The molecule has 0 saturated carbocycles. The van der Waals surface area contributed by atoms with Crippen molar-refractivity contribution in [2.24, 2.45) is 0 Å². The first kappa shape index (κ1) is 16.5. The van der Waals surface area contributed by atoms with Gasteiger partial charge in [-0.3, -0.25) is 4.18 Å². The Hall–Kier alpha value is -1.60. The van der Waals surface area contributed by atoms with Crippen molar-refractivity contribution in [3.63, 3.8) is 0 Å². The van der Waals surface area contributed by atoms with Gasteiger partial charge in [0.05, 0.1) is 19.5 Å². The average Bonchev–Trinajstić information content (AvgIpc) is 2.37. The summed E-state index contributed by atoms with van der Waals surface area (Å²) >= 11 is 0. The van der Waals surface area contributed by atoms with Gasteiger partial charge in [-0.2, -0.15) is 8.42 Å². The van der Waals surface area contributed by atoms with Crippen molar-refractivity contribution in [1.82, 2.24) is 0 Å². The van der Waals surface area contributed by atoms with Gasteiger partial charge in [0.2, 0.25) is 0 Å². The largest absolute Gasteiger partial charge is 0.482 e. The highest BCUT2D eigenvalue weighted by Crippen LogP contribution is 2.12. The summed E-state index contributed by atoms with van der Waals surface area (Å²) in [6, 6.07) is 6.97. The van der Waals surface area contributed by atoms with E-state index in [2.05, 4.69) is 4.18 Å². The van der Waals surface area contributed by atoms with Gasteiger partial charge in [-0.15, -0.1) is 0 Å². The van der Waals surface area contributed by atoms with E-state index in [1.807, 2.05) is 0 Å². The lowest BCUT2D eigenvalue weighted by Crippen LogP contribution is -2.14. The minimum Gasteiger partial charge on any atom is -0.482 e. The molecule has 7 heteroatoms. The van der Waals surface area contributed by atoms with E-state index in [-0.39, 0.29) is 13.2 Å². The van der Waals surface area contributed by atoms with Gasteiger partial charge in [0.15, 0.2) is 6.61 Å². The van der Waals surface area contributed by atoms with Crippen LogP contribution in [0.1, 0.15) is 12.5 Å². The lowest BCUT2D eigenvalue weighted by molar-refractivity contribution is -0.145. The standard InChI is InChI=1S/C13H18O6S/c1-3-17-13(14)10-18-12-6-4-11(5-7-12)8-9-19-20(2,15)16/h4-7H,3,8-10H2,1-2H3. The van der Waals surface area contributed by atoms with Gasteiger partial charge in [-0.1, -0.05) is 12.1 Å². The zero-order chi connectivity index (χ0) is 15.0. The number of benzene rings is 1. The van der Waals surface area contributed by atoms with Crippen molar-refractivity contribution in [2.45, 2.75) is 13.3 Å². The fraction of sp³-hybridized carbons (Fsp3) is 0.462. The Balaban J connectivity index is 2.38. The highest BCUT2D eigenvalue weighted by atomic mass is 32.2. The Morgan fingerprint density at radius 1 is 1.20 bits per heavy atom. The first-order valence-electron chi connectivity index (χ1n) is 6.12. The molecule has 0 heterocycles. The van der Waals surface area contributed by atoms with Gasteiger partial charge in [0, 0.05) is 0 Å². The Bertz CT molecular complexity index is 520. The predicted octanol–water partition coefficient (Wildman–Crippen LogP) is 1.15. The maximum Gasteiger partial charge on any atom is 0.344 e. The average molecular weight is 302 g/mol. The van der Waals surface area contributed by atoms with E-state index in [1.54, 1.807) is 31.2 Å². The zero-order valence-electron chi connectivity index (χ0n) is 11.5. The number of hydrogen-bond donors (Lipinski definition) is 0. The summed E-state index contributed by atoms with van der Waals surface area (Å²) in [6.07, 6.45) is 1.49. The van der Waals surface area contributed by atoms with E-state index < -0.39 is 16.1 Å². The molecule has 0 aliphatic heterocycles. The molecule has 0 saturated heterocycles. The van der Waals surface area contributed by atoms with Crippen molar-refractivity contribution in [3.8, 4) is 5.75 Å². The van der Waals surface area contributed by atoms with Gasteiger partial charge >= 0.3 is 5.97 Å². The first-order chi connectivity index (χ1) is 9.40. The van der Waals surface area contributed by atoms with Crippen LogP contribution in [0, 0.1) is 0 Å². The first-order valence-corrected chi connectivity index (χ1v) is 7.94. The number of ether oxygens (including phenoxy) is 2. The summed E-state index contributed by atoms with van der Waals surface area (Å²) < 4.78 is 36.2. The number of carbonyl (C=O) groups is 1. The van der Waals surface area contributed by atoms with Crippen LogP contribution in [0.25, 0.3) is 0 Å². The van der Waals surface area contributed by atoms with Crippen molar-refractivity contribution in [2.75, 3.05) is 26.1 Å². The molecule has 0 unspecified atom stereocenters. The van der Waals surface area contributed by atoms with Crippen LogP contribution < -0.4 is 4.74 Å². The van der Waals surface area contributed by atoms with Crippen LogP contribution in [0.5, 0.6) is 5.75 Å². The van der Waals surface area contributed by atoms with Crippen LogP contribution >= 0.6 is 0 Å². The quantitative estimate of drug-likeness (QED) is 0.529. The summed E-state index contributed by atoms with van der Waals surface area (Å²) in [5.41, 5.74) is 0.914. The van der Waals surface area contributed by atoms with Gasteiger partial charge in [-0.25, -0.2) is 4.79 Å². The second-order valence-corrected chi connectivity index (χ2v) is 5.66. The van der Waals surface area contributed by atoms with E-state index in [1.165, 1.54) is 0 Å². The van der Waals surface area contributed by atoms with Gasteiger partial charge in [0.25, 0.3) is 10.1 Å². The van der Waals surface area contributed by atoms with Gasteiger partial charge in [-0.05, 0) is 31.0 Å². The molecule has 1 rings (SSSR count). The summed E-state index contributed by atoms with van der Waals surface area (Å²) in [5, 5.41) is 0. The second kappa shape index (κ2) is 7.86. The summed E-state index contributed by atoms with van der Waals surface area (Å²) in [4.78, 5) is 11.1. The molecule has 0 aliphatic rings. The molecule has 0 aromatic heterocycles. The Morgan fingerprint density at radius 3 is 2.40 bits per heavy atom. The third-order valence-electron chi connectivity index (χ3n) is 2.27. The van der Waals surface area contributed by atoms with Crippen molar-refractivity contribution < 1.29 is 26.9 Å². The number of rotatable bonds is 8. The minimum atomic E-state index is -3.40. The van der Waals surface area contributed by atoms with Gasteiger partial charge in [0.1, 0.15) is 5.75 Å². The lowest BCUT2D eigenvalue weighted by atomic mass is 10.1. The molecule has 0 fully saturated rings. The topological polar surface area (TPSA) is 78.9 Å². The third-order valence-corrected chi connectivity index (χ3v) is 2.87. The van der Waals surface area contributed by atoms with Crippen LogP contribution in [0.4, 0.5) is 0 Å². The molecule has 0 aliphatic carbocycles. The molecule has 6 nitrogen and oxygen atoms in total. The molecule has 0 radical (unpaired) electrons. The van der Waals surface area contributed by atoms with Crippen molar-refractivity contribution >= 4 is 16.1 Å². The number of esters is 1. The Morgan fingerprint density at radius 2 is 1.85 bits per heavy atom. The molecule has 0 N–H and O–H groups in total. The SMILES string of the molecule is CCOC(=O)COc1ccc(CCOS(C)(=O)=O)cc1. The lowest BCUT2D eigenvalue weighted by Gasteiger charge is -2.07. The van der Waals surface area contributed by atoms with E-state index >= 15 is 0 Å². The maximum absolute atomic E-state index is 11.1. The summed E-state index contributed by atoms with van der Waals surface area (Å²) in [7, 11) is -3.40. The molecular weight excluding hydrogens is 284 g/mol. The Labute approximate surface area is 118 Å². The van der Waals surface area contributed by atoms with Crippen LogP contribution in [-0.2, 0) is 30.3 Å². The van der Waals surface area contributed by atoms with E-state index in [4.69, 9.17) is 9.47 Å². The third kappa shape index (κ3) is 7.10. The molecule has 112 valence electrons. The zero-order valence-corrected chi connectivity index (χ0v) is 12.3. The number of hydrogen-bond acceptors (Lipinski definition) is 6. The highest BCUT2D eigenvalue weighted by Gasteiger charge is 2.04. The van der Waals surface area contributed by atoms with Gasteiger partial charge < -0.3 is 9.47 Å². The molecule has 0 atom stereocenters. The van der Waals surface area contributed by atoms with E-state index in [0.29, 0.717) is 18.8 Å². The molecule has 0 amide bonds. The molecule has 0 spiro atoms. The van der Waals surface area contributed by atoms with Crippen LogP contribution in [-0.4, -0.2) is 40.5 Å². The maximum atomic E-state index is 11.1. The second-order valence-electron chi connectivity index (χ2n) is 4.01. The molecule has 1 aromatic rings. The predicted molar refractivity (Wildman–Crippen MR) is 73.1 cm³/mol. The fourth-order valence-corrected chi connectivity index (χ4v) is 1.79. The summed E-state index contributed by atoms with van der Waals surface area (Å²) in [6.45, 7) is 2.01. The van der Waals surface area contributed by atoms with Crippen LogP contribution in [0.3, 0.4) is 0 Å². The van der Waals surface area contributed by atoms with E-state index in [0.717, 1.165) is 11.8 Å². The summed E-state index contributed by atoms with van der Waals surface area (Å²) in [5.74, 6) is 0.129. The molecule has 20 heavy (non-hydrogen) atoms. The Kier molecular flexibility index (Phi) is 6.47. The number of carbonyl (C=O) groups excluding carboxylic acids is 1. The smallest absolute Gasteiger partial charge is 0.344 e. The minimum absolute atomic E-state index is 0.0991. The highest BCUT2D eigenvalue weighted by molar-refractivity contribution is 7.85. The molecular formula is C13H18O6S. The monoisotopic (exact) mass is 302 g/mol. The van der Waals surface area contributed by atoms with Crippen molar-refractivity contribution in [3.05, 3.63) is 29.8 Å². The molecule has 0 bridgehead atoms. The van der Waals surface area contributed by atoms with Crippen molar-refractivity contribution in [1.29, 1.82) is 0 Å².